The lowest BCUT2D eigenvalue weighted by Crippen LogP contribution is -2.44. The summed E-state index contributed by atoms with van der Waals surface area (Å²) in [7, 11) is 0. The van der Waals surface area contributed by atoms with Crippen LogP contribution < -0.4 is 5.32 Å². The maximum Gasteiger partial charge on any atom is 0.00915 e. The highest BCUT2D eigenvalue weighted by Gasteiger charge is 2.26. The molecule has 1 aliphatic heterocycles. The van der Waals surface area contributed by atoms with Crippen LogP contribution in [0.1, 0.15) is 58.3 Å². The van der Waals surface area contributed by atoms with E-state index in [4.69, 9.17) is 0 Å². The summed E-state index contributed by atoms with van der Waals surface area (Å²) in [6.45, 7) is 7.81. The molecular formula is C17H33ClN2. The number of piperidine rings is 1. The van der Waals surface area contributed by atoms with Gasteiger partial charge in [0.2, 0.25) is 0 Å². The van der Waals surface area contributed by atoms with Crippen LogP contribution in [0, 0.1) is 17.8 Å². The molecule has 0 amide bonds. The van der Waals surface area contributed by atoms with Crippen LogP contribution in [0.2, 0.25) is 0 Å². The van der Waals surface area contributed by atoms with Gasteiger partial charge in [-0.15, -0.1) is 12.4 Å². The number of nitrogens with one attached hydrogen (secondary N) is 1. The lowest BCUT2D eigenvalue weighted by atomic mass is 9.82. The lowest BCUT2D eigenvalue weighted by molar-refractivity contribution is 0.143. The van der Waals surface area contributed by atoms with Crippen molar-refractivity contribution >= 4 is 12.4 Å². The second-order valence-corrected chi connectivity index (χ2v) is 7.56. The molecule has 3 heteroatoms. The Morgan fingerprint density at radius 3 is 2.35 bits per heavy atom. The van der Waals surface area contributed by atoms with Crippen molar-refractivity contribution in [1.82, 2.24) is 10.2 Å². The molecule has 3 rings (SSSR count). The minimum absolute atomic E-state index is 0. The van der Waals surface area contributed by atoms with E-state index in [0.717, 1.165) is 23.8 Å². The second kappa shape index (κ2) is 8.00. The molecule has 2 saturated carbocycles. The Morgan fingerprint density at radius 1 is 0.950 bits per heavy atom. The van der Waals surface area contributed by atoms with Crippen LogP contribution >= 0.6 is 12.4 Å². The summed E-state index contributed by atoms with van der Waals surface area (Å²) in [5.74, 6) is 3.01. The summed E-state index contributed by atoms with van der Waals surface area (Å²) in [5, 5.41) is 3.79. The molecule has 3 aliphatic rings. The summed E-state index contributed by atoms with van der Waals surface area (Å²) < 4.78 is 0. The number of hydrogen-bond donors (Lipinski definition) is 1. The molecule has 0 aromatic rings. The fraction of sp³-hybridized carbons (Fsp3) is 1.00. The second-order valence-electron chi connectivity index (χ2n) is 7.56. The first-order chi connectivity index (χ1) is 9.29. The molecule has 0 aromatic heterocycles. The van der Waals surface area contributed by atoms with Crippen LogP contribution in [0.4, 0.5) is 0 Å². The highest BCUT2D eigenvalue weighted by Crippen LogP contribution is 2.30. The van der Waals surface area contributed by atoms with Gasteiger partial charge in [0.25, 0.3) is 0 Å². The fourth-order valence-corrected chi connectivity index (χ4v) is 4.07. The smallest absolute Gasteiger partial charge is 0.00915 e. The first kappa shape index (κ1) is 16.6. The number of likely N-dealkylation sites (tertiary alicyclic amines) is 1. The average Bonchev–Trinajstić information content (AvgIpc) is 3.22. The van der Waals surface area contributed by atoms with Crippen LogP contribution in [-0.2, 0) is 0 Å². The molecule has 2 atom stereocenters. The van der Waals surface area contributed by atoms with E-state index in [1.54, 1.807) is 0 Å². The average molecular weight is 301 g/mol. The summed E-state index contributed by atoms with van der Waals surface area (Å²) >= 11 is 0. The minimum atomic E-state index is 0. The van der Waals surface area contributed by atoms with Gasteiger partial charge in [0, 0.05) is 12.6 Å². The normalized spacial score (nSPS) is 32.9. The molecular weight excluding hydrogens is 268 g/mol. The molecule has 1 heterocycles. The Labute approximate surface area is 131 Å². The number of hydrogen-bond acceptors (Lipinski definition) is 2. The minimum Gasteiger partial charge on any atom is -0.314 e. The van der Waals surface area contributed by atoms with E-state index in [2.05, 4.69) is 17.1 Å². The van der Waals surface area contributed by atoms with Crippen molar-refractivity contribution in [3.63, 3.8) is 0 Å². The van der Waals surface area contributed by atoms with Crippen LogP contribution in [-0.4, -0.2) is 37.1 Å². The maximum atomic E-state index is 3.79. The predicted octanol–water partition coefficient (Wildman–Crippen LogP) is 3.70. The summed E-state index contributed by atoms with van der Waals surface area (Å²) in [5.41, 5.74) is 0. The van der Waals surface area contributed by atoms with Crippen molar-refractivity contribution in [2.24, 2.45) is 17.8 Å². The van der Waals surface area contributed by atoms with Gasteiger partial charge in [-0.2, -0.15) is 0 Å². The third-order valence-corrected chi connectivity index (χ3v) is 5.54. The molecule has 1 N–H and O–H groups in total. The van der Waals surface area contributed by atoms with E-state index in [1.165, 1.54) is 77.5 Å². The summed E-state index contributed by atoms with van der Waals surface area (Å²) in [6, 6.07) is 0.821. The molecule has 0 bridgehead atoms. The van der Waals surface area contributed by atoms with Crippen molar-refractivity contribution in [3.8, 4) is 0 Å². The van der Waals surface area contributed by atoms with Crippen molar-refractivity contribution < 1.29 is 0 Å². The highest BCUT2D eigenvalue weighted by molar-refractivity contribution is 5.85. The first-order valence-electron chi connectivity index (χ1n) is 8.75. The van der Waals surface area contributed by atoms with Crippen LogP contribution in [0.3, 0.4) is 0 Å². The maximum absolute atomic E-state index is 3.79. The van der Waals surface area contributed by atoms with E-state index in [-0.39, 0.29) is 12.4 Å². The van der Waals surface area contributed by atoms with E-state index in [0.29, 0.717) is 0 Å². The zero-order valence-corrected chi connectivity index (χ0v) is 14.0. The van der Waals surface area contributed by atoms with E-state index >= 15 is 0 Å². The number of nitrogens with zero attached hydrogens (tertiary/aromatic N) is 1. The molecule has 3 fully saturated rings. The first-order valence-corrected chi connectivity index (χ1v) is 8.75. The molecule has 2 nitrogen and oxygen atoms in total. The Hall–Kier alpha value is 0.210. The SMILES string of the molecule is CC1CCCC(CN2CCC(NCC3CC3)CC2)C1.Cl. The van der Waals surface area contributed by atoms with Gasteiger partial charge < -0.3 is 10.2 Å². The quantitative estimate of drug-likeness (QED) is 0.833. The van der Waals surface area contributed by atoms with Crippen molar-refractivity contribution in [2.45, 2.75) is 64.3 Å². The third kappa shape index (κ3) is 5.20. The van der Waals surface area contributed by atoms with Gasteiger partial charge in [-0.1, -0.05) is 19.8 Å². The van der Waals surface area contributed by atoms with Gasteiger partial charge in [0.15, 0.2) is 0 Å². The van der Waals surface area contributed by atoms with Crippen LogP contribution in [0.25, 0.3) is 0 Å². The van der Waals surface area contributed by atoms with Crippen molar-refractivity contribution in [2.75, 3.05) is 26.2 Å². The Balaban J connectivity index is 0.00000147. The molecule has 0 radical (unpaired) electrons. The summed E-state index contributed by atoms with van der Waals surface area (Å²) in [4.78, 5) is 2.75. The lowest BCUT2D eigenvalue weighted by Gasteiger charge is -2.36. The van der Waals surface area contributed by atoms with Gasteiger partial charge in [-0.3, -0.25) is 0 Å². The molecule has 118 valence electrons. The van der Waals surface area contributed by atoms with E-state index < -0.39 is 0 Å². The van der Waals surface area contributed by atoms with Crippen molar-refractivity contribution in [3.05, 3.63) is 0 Å². The van der Waals surface area contributed by atoms with E-state index in [9.17, 15) is 0 Å². The Kier molecular flexibility index (Phi) is 6.64. The van der Waals surface area contributed by atoms with Crippen LogP contribution in [0.15, 0.2) is 0 Å². The standard InChI is InChI=1S/C17H32N2.ClH/c1-14-3-2-4-16(11-14)13-19-9-7-17(8-10-19)18-12-15-5-6-15;/h14-18H,2-13H2,1H3;1H. The van der Waals surface area contributed by atoms with Gasteiger partial charge in [-0.25, -0.2) is 0 Å². The Bertz CT molecular complexity index is 272. The zero-order chi connectivity index (χ0) is 13.1. The molecule has 2 aliphatic carbocycles. The van der Waals surface area contributed by atoms with Crippen molar-refractivity contribution in [1.29, 1.82) is 0 Å². The molecule has 20 heavy (non-hydrogen) atoms. The van der Waals surface area contributed by atoms with E-state index in [1.807, 2.05) is 0 Å². The predicted molar refractivity (Wildman–Crippen MR) is 88.6 cm³/mol. The molecule has 0 aromatic carbocycles. The highest BCUT2D eigenvalue weighted by atomic mass is 35.5. The third-order valence-electron chi connectivity index (χ3n) is 5.54. The van der Waals surface area contributed by atoms with Gasteiger partial charge in [-0.05, 0) is 75.9 Å². The van der Waals surface area contributed by atoms with Gasteiger partial charge >= 0.3 is 0 Å². The van der Waals surface area contributed by atoms with Gasteiger partial charge in [0.1, 0.15) is 0 Å². The molecule has 1 saturated heterocycles. The topological polar surface area (TPSA) is 15.3 Å². The molecule has 0 spiro atoms. The fourth-order valence-electron chi connectivity index (χ4n) is 4.07. The van der Waals surface area contributed by atoms with Gasteiger partial charge in [0.05, 0.1) is 0 Å². The Morgan fingerprint density at radius 2 is 1.70 bits per heavy atom. The zero-order valence-electron chi connectivity index (χ0n) is 13.2. The number of halogens is 1. The number of rotatable bonds is 5. The largest absolute Gasteiger partial charge is 0.314 e. The summed E-state index contributed by atoms with van der Waals surface area (Å²) in [6.07, 6.45) is 11.7. The molecule has 2 unspecified atom stereocenters. The monoisotopic (exact) mass is 300 g/mol. The van der Waals surface area contributed by atoms with Crippen LogP contribution in [0.5, 0.6) is 0 Å².